The standard InChI is InChI=1S/C13H11BrO5/c1-8(13(17)18)2-5-12(16)19-11-4-3-10(14)6-9(11)7-15/h3-4,6-7H,1-2,5H2,(H,17,18). The Bertz CT molecular complexity index is 536. The summed E-state index contributed by atoms with van der Waals surface area (Å²) < 4.78 is 5.69. The first-order chi connectivity index (χ1) is 8.93. The van der Waals surface area contributed by atoms with Crippen molar-refractivity contribution < 1.29 is 24.2 Å². The Kier molecular flexibility index (Phi) is 5.44. The van der Waals surface area contributed by atoms with Crippen LogP contribution in [0.15, 0.2) is 34.8 Å². The molecule has 0 aliphatic heterocycles. The molecular weight excluding hydrogens is 316 g/mol. The Balaban J connectivity index is 2.65. The van der Waals surface area contributed by atoms with Gasteiger partial charge in [0.05, 0.1) is 12.0 Å². The van der Waals surface area contributed by atoms with Crippen LogP contribution in [0, 0.1) is 0 Å². The number of hydrogen-bond acceptors (Lipinski definition) is 4. The van der Waals surface area contributed by atoms with E-state index in [4.69, 9.17) is 9.84 Å². The molecule has 0 unspecified atom stereocenters. The number of esters is 1. The van der Waals surface area contributed by atoms with Crippen LogP contribution in [0.1, 0.15) is 23.2 Å². The Morgan fingerprint density at radius 3 is 2.63 bits per heavy atom. The van der Waals surface area contributed by atoms with Gasteiger partial charge in [0.25, 0.3) is 0 Å². The van der Waals surface area contributed by atoms with E-state index in [1.807, 2.05) is 0 Å². The van der Waals surface area contributed by atoms with Crippen LogP contribution in [-0.2, 0) is 9.59 Å². The molecule has 0 aliphatic carbocycles. The van der Waals surface area contributed by atoms with Crippen LogP contribution in [0.3, 0.4) is 0 Å². The molecule has 1 rings (SSSR count). The predicted molar refractivity (Wildman–Crippen MR) is 71.2 cm³/mol. The third-order valence-electron chi connectivity index (χ3n) is 2.26. The van der Waals surface area contributed by atoms with E-state index in [1.54, 1.807) is 6.07 Å². The summed E-state index contributed by atoms with van der Waals surface area (Å²) in [4.78, 5) is 32.8. The molecule has 1 N–H and O–H groups in total. The Morgan fingerprint density at radius 2 is 2.05 bits per heavy atom. The van der Waals surface area contributed by atoms with E-state index in [-0.39, 0.29) is 29.7 Å². The second-order valence-electron chi connectivity index (χ2n) is 3.68. The van der Waals surface area contributed by atoms with Gasteiger partial charge in [0.15, 0.2) is 6.29 Å². The van der Waals surface area contributed by atoms with Crippen LogP contribution < -0.4 is 4.74 Å². The fourth-order valence-electron chi connectivity index (χ4n) is 1.24. The molecule has 1 aromatic rings. The van der Waals surface area contributed by atoms with Crippen LogP contribution >= 0.6 is 15.9 Å². The molecule has 0 atom stereocenters. The molecule has 6 heteroatoms. The summed E-state index contributed by atoms with van der Waals surface area (Å²) in [5.41, 5.74) is 0.170. The zero-order chi connectivity index (χ0) is 14.4. The van der Waals surface area contributed by atoms with E-state index in [9.17, 15) is 14.4 Å². The van der Waals surface area contributed by atoms with Gasteiger partial charge in [-0.05, 0) is 24.6 Å². The first-order valence-electron chi connectivity index (χ1n) is 5.30. The molecule has 0 aliphatic rings. The van der Waals surface area contributed by atoms with Gasteiger partial charge < -0.3 is 9.84 Å². The maximum absolute atomic E-state index is 11.5. The number of hydrogen-bond donors (Lipinski definition) is 1. The number of carbonyl (C=O) groups is 3. The summed E-state index contributed by atoms with van der Waals surface area (Å²) in [6, 6.07) is 4.63. The van der Waals surface area contributed by atoms with Gasteiger partial charge in [0.2, 0.25) is 0 Å². The second-order valence-corrected chi connectivity index (χ2v) is 4.60. The van der Waals surface area contributed by atoms with Crippen molar-refractivity contribution in [1.82, 2.24) is 0 Å². The number of carbonyl (C=O) groups excluding carboxylic acids is 2. The molecule has 0 saturated heterocycles. The average Bonchev–Trinajstić information content (AvgIpc) is 2.37. The summed E-state index contributed by atoms with van der Waals surface area (Å²) in [6.07, 6.45) is 0.462. The lowest BCUT2D eigenvalue weighted by atomic mass is 10.1. The number of benzene rings is 1. The lowest BCUT2D eigenvalue weighted by Crippen LogP contribution is -2.11. The predicted octanol–water partition coefficient (Wildman–Crippen LogP) is 2.59. The molecule has 19 heavy (non-hydrogen) atoms. The molecule has 0 spiro atoms. The highest BCUT2D eigenvalue weighted by Gasteiger charge is 2.12. The highest BCUT2D eigenvalue weighted by Crippen LogP contribution is 2.22. The van der Waals surface area contributed by atoms with Gasteiger partial charge in [-0.25, -0.2) is 4.79 Å². The van der Waals surface area contributed by atoms with Crippen molar-refractivity contribution in [3.63, 3.8) is 0 Å². The van der Waals surface area contributed by atoms with Crippen LogP contribution in [0.5, 0.6) is 5.75 Å². The number of ether oxygens (including phenoxy) is 1. The highest BCUT2D eigenvalue weighted by molar-refractivity contribution is 9.10. The normalized spacial score (nSPS) is 9.74. The average molecular weight is 327 g/mol. The number of aliphatic carboxylic acids is 1. The summed E-state index contributed by atoms with van der Waals surface area (Å²) in [5, 5.41) is 8.59. The van der Waals surface area contributed by atoms with E-state index in [1.165, 1.54) is 12.1 Å². The van der Waals surface area contributed by atoms with Crippen LogP contribution in [0.25, 0.3) is 0 Å². The Labute approximate surface area is 118 Å². The molecule has 5 nitrogen and oxygen atoms in total. The van der Waals surface area contributed by atoms with E-state index in [0.29, 0.717) is 10.8 Å². The van der Waals surface area contributed by atoms with Crippen LogP contribution in [0.2, 0.25) is 0 Å². The molecule has 0 radical (unpaired) electrons. The monoisotopic (exact) mass is 326 g/mol. The van der Waals surface area contributed by atoms with Gasteiger partial charge in [0.1, 0.15) is 5.75 Å². The maximum Gasteiger partial charge on any atom is 0.330 e. The molecular formula is C13H11BrO5. The van der Waals surface area contributed by atoms with Crippen molar-refractivity contribution in [1.29, 1.82) is 0 Å². The minimum Gasteiger partial charge on any atom is -0.478 e. The molecule has 0 heterocycles. The minimum atomic E-state index is -1.15. The van der Waals surface area contributed by atoms with E-state index >= 15 is 0 Å². The number of carboxylic acids is 1. The minimum absolute atomic E-state index is 0.00111. The van der Waals surface area contributed by atoms with E-state index in [2.05, 4.69) is 22.5 Å². The van der Waals surface area contributed by atoms with E-state index < -0.39 is 11.9 Å². The van der Waals surface area contributed by atoms with Gasteiger partial charge >= 0.3 is 11.9 Å². The van der Waals surface area contributed by atoms with Gasteiger partial charge in [-0.1, -0.05) is 22.5 Å². The molecule has 100 valence electrons. The lowest BCUT2D eigenvalue weighted by Gasteiger charge is -2.07. The van der Waals surface area contributed by atoms with Crippen molar-refractivity contribution in [3.05, 3.63) is 40.4 Å². The number of carboxylic acid groups (broad SMARTS) is 1. The van der Waals surface area contributed by atoms with Gasteiger partial charge in [0, 0.05) is 10.0 Å². The third-order valence-corrected chi connectivity index (χ3v) is 2.75. The molecule has 0 amide bonds. The summed E-state index contributed by atoms with van der Waals surface area (Å²) in [7, 11) is 0. The zero-order valence-corrected chi connectivity index (χ0v) is 11.5. The van der Waals surface area contributed by atoms with Crippen molar-refractivity contribution >= 4 is 34.2 Å². The lowest BCUT2D eigenvalue weighted by molar-refractivity contribution is -0.134. The smallest absolute Gasteiger partial charge is 0.330 e. The van der Waals surface area contributed by atoms with Crippen molar-refractivity contribution in [2.24, 2.45) is 0 Å². The van der Waals surface area contributed by atoms with Crippen LogP contribution in [0.4, 0.5) is 0 Å². The van der Waals surface area contributed by atoms with Crippen molar-refractivity contribution in [2.75, 3.05) is 0 Å². The van der Waals surface area contributed by atoms with Crippen molar-refractivity contribution in [3.8, 4) is 5.75 Å². The molecule has 0 fully saturated rings. The highest BCUT2D eigenvalue weighted by atomic mass is 79.9. The molecule has 1 aromatic carbocycles. The Morgan fingerprint density at radius 1 is 1.37 bits per heavy atom. The molecule has 0 bridgehead atoms. The van der Waals surface area contributed by atoms with Gasteiger partial charge in [-0.15, -0.1) is 0 Å². The summed E-state index contributed by atoms with van der Waals surface area (Å²) >= 11 is 3.19. The van der Waals surface area contributed by atoms with E-state index in [0.717, 1.165) is 0 Å². The number of rotatable bonds is 6. The zero-order valence-electron chi connectivity index (χ0n) is 9.89. The molecule has 0 saturated carbocycles. The quantitative estimate of drug-likeness (QED) is 0.376. The topological polar surface area (TPSA) is 80.7 Å². The first-order valence-corrected chi connectivity index (χ1v) is 6.10. The number of aldehydes is 1. The maximum atomic E-state index is 11.5. The first kappa shape index (κ1) is 15.1. The largest absolute Gasteiger partial charge is 0.478 e. The van der Waals surface area contributed by atoms with Crippen molar-refractivity contribution in [2.45, 2.75) is 12.8 Å². The Hall–Kier alpha value is -1.95. The SMILES string of the molecule is C=C(CCC(=O)Oc1ccc(Br)cc1C=O)C(=O)O. The fourth-order valence-corrected chi connectivity index (χ4v) is 1.62. The summed E-state index contributed by atoms with van der Waals surface area (Å²) in [5.74, 6) is -1.62. The third kappa shape index (κ3) is 4.67. The van der Waals surface area contributed by atoms with Gasteiger partial charge in [-0.3, -0.25) is 9.59 Å². The molecule has 0 aromatic heterocycles. The fraction of sp³-hybridized carbons (Fsp3) is 0.154. The summed E-state index contributed by atoms with van der Waals surface area (Å²) in [6.45, 7) is 3.31. The number of halogens is 1. The van der Waals surface area contributed by atoms with Gasteiger partial charge in [-0.2, -0.15) is 0 Å². The second kappa shape index (κ2) is 6.84. The van der Waals surface area contributed by atoms with Crippen LogP contribution in [-0.4, -0.2) is 23.3 Å².